The molecule has 2 N–H and O–H groups in total. The average Bonchev–Trinajstić information content (AvgIpc) is 3.02. The minimum Gasteiger partial charge on any atom is -0.395 e. The zero-order chi connectivity index (χ0) is 32.9. The largest absolute Gasteiger partial charge is 0.395 e. The van der Waals surface area contributed by atoms with Gasteiger partial charge in [0.1, 0.15) is 17.3 Å². The first kappa shape index (κ1) is 32.4. The summed E-state index contributed by atoms with van der Waals surface area (Å²) in [4.78, 5) is 39.4. The number of amides is 1. The van der Waals surface area contributed by atoms with E-state index in [-0.39, 0.29) is 50.9 Å². The van der Waals surface area contributed by atoms with Gasteiger partial charge in [0.25, 0.3) is 5.56 Å². The third-order valence-electron chi connectivity index (χ3n) is 8.12. The van der Waals surface area contributed by atoms with Crippen LogP contribution in [0.1, 0.15) is 32.4 Å². The van der Waals surface area contributed by atoms with Gasteiger partial charge in [-0.05, 0) is 18.1 Å². The van der Waals surface area contributed by atoms with E-state index in [2.05, 4.69) is 17.6 Å². The van der Waals surface area contributed by atoms with Gasteiger partial charge in [-0.1, -0.05) is 68.2 Å². The molecule has 2 aromatic heterocycles. The number of nitrogens with two attached hydrogens (primary N) is 1. The van der Waals surface area contributed by atoms with E-state index in [0.717, 1.165) is 0 Å². The number of aliphatic imine (C=N–C) groups is 1. The van der Waals surface area contributed by atoms with Crippen molar-refractivity contribution >= 4 is 68.8 Å². The minimum absolute atomic E-state index is 0.0677. The number of benzene rings is 1. The van der Waals surface area contributed by atoms with Crippen LogP contribution in [0.3, 0.4) is 0 Å². The Labute approximate surface area is 272 Å². The molecule has 9 nitrogen and oxygen atoms in total. The molecule has 2 aliphatic rings. The van der Waals surface area contributed by atoms with Crippen molar-refractivity contribution in [2.75, 3.05) is 36.8 Å². The quantitative estimate of drug-likeness (QED) is 0.145. The maximum atomic E-state index is 14.8. The fraction of sp³-hybridized carbons (Fsp3) is 0.323. The molecule has 0 spiro atoms. The monoisotopic (exact) mass is 673 g/mol. The first-order valence-corrected chi connectivity index (χ1v) is 15.2. The molecule has 0 unspecified atom stereocenters. The van der Waals surface area contributed by atoms with E-state index in [9.17, 15) is 23.6 Å². The van der Waals surface area contributed by atoms with Gasteiger partial charge in [0.05, 0.1) is 38.2 Å². The van der Waals surface area contributed by atoms with Gasteiger partial charge in [0.15, 0.2) is 11.6 Å². The number of hydrogen-bond acceptors (Lipinski definition) is 7. The normalized spacial score (nSPS) is 18.4. The summed E-state index contributed by atoms with van der Waals surface area (Å²) >= 11 is 19.4. The summed E-state index contributed by atoms with van der Waals surface area (Å²) in [7, 11) is 0. The topological polar surface area (TPSA) is 121 Å². The number of allylic oxidation sites excluding steroid dienone is 1. The van der Waals surface area contributed by atoms with E-state index in [0.29, 0.717) is 37.3 Å². The number of nitrogens with zero attached hydrogens (tertiary/aromatic N) is 6. The second kappa shape index (κ2) is 12.4. The van der Waals surface area contributed by atoms with Crippen LogP contribution in [0.2, 0.25) is 15.1 Å². The van der Waals surface area contributed by atoms with Crippen molar-refractivity contribution in [2.45, 2.75) is 26.8 Å². The predicted molar refractivity (Wildman–Crippen MR) is 174 cm³/mol. The van der Waals surface area contributed by atoms with Crippen LogP contribution in [0.5, 0.6) is 0 Å². The summed E-state index contributed by atoms with van der Waals surface area (Å²) in [6.07, 6.45) is 4.74. The maximum absolute atomic E-state index is 14.8. The number of nitrogen functional groups attached to an aromatic ring is 1. The Kier molecular flexibility index (Phi) is 8.95. The van der Waals surface area contributed by atoms with Crippen molar-refractivity contribution < 1.29 is 13.6 Å². The number of hydrogen-bond donors (Lipinski definition) is 1. The molecule has 0 bridgehead atoms. The molecule has 0 aliphatic carbocycles. The highest BCUT2D eigenvalue weighted by Gasteiger charge is 2.35. The van der Waals surface area contributed by atoms with Crippen molar-refractivity contribution in [3.63, 3.8) is 0 Å². The van der Waals surface area contributed by atoms with E-state index in [1.807, 2.05) is 31.7 Å². The molecular formula is C31H28Cl3F2N7O2. The lowest BCUT2D eigenvalue weighted by atomic mass is 9.88. The minimum atomic E-state index is -1.43. The highest BCUT2D eigenvalue weighted by molar-refractivity contribution is 6.42. The molecule has 1 fully saturated rings. The summed E-state index contributed by atoms with van der Waals surface area (Å²) in [5.74, 6) is -3.43. The Balaban J connectivity index is 1.88. The number of piperazine rings is 1. The Bertz CT molecular complexity index is 1900. The molecule has 2 aliphatic heterocycles. The van der Waals surface area contributed by atoms with Crippen molar-refractivity contribution in [2.24, 2.45) is 16.8 Å². The first-order valence-electron chi connectivity index (χ1n) is 14.0. The molecule has 4 heterocycles. The van der Waals surface area contributed by atoms with E-state index < -0.39 is 39.0 Å². The van der Waals surface area contributed by atoms with Crippen molar-refractivity contribution in [1.29, 1.82) is 5.26 Å². The lowest BCUT2D eigenvalue weighted by Gasteiger charge is -2.37. The van der Waals surface area contributed by atoms with Gasteiger partial charge < -0.3 is 15.5 Å². The maximum Gasteiger partial charge on any atom is 0.272 e. The number of carbonyl (C=O) groups excluding carboxylic acids is 1. The zero-order valence-corrected chi connectivity index (χ0v) is 26.8. The zero-order valence-electron chi connectivity index (χ0n) is 24.5. The smallest absolute Gasteiger partial charge is 0.272 e. The molecule has 3 aromatic rings. The second-order valence-electron chi connectivity index (χ2n) is 11.1. The molecule has 1 amide bonds. The van der Waals surface area contributed by atoms with Gasteiger partial charge >= 0.3 is 0 Å². The first-order chi connectivity index (χ1) is 21.3. The van der Waals surface area contributed by atoms with Crippen LogP contribution in [0.25, 0.3) is 22.3 Å². The van der Waals surface area contributed by atoms with E-state index in [1.165, 1.54) is 16.7 Å². The van der Waals surface area contributed by atoms with Crippen LogP contribution < -0.4 is 16.2 Å². The Morgan fingerprint density at radius 3 is 2.44 bits per heavy atom. The van der Waals surface area contributed by atoms with Gasteiger partial charge in [-0.15, -0.1) is 0 Å². The third kappa shape index (κ3) is 5.35. The van der Waals surface area contributed by atoms with E-state index >= 15 is 0 Å². The summed E-state index contributed by atoms with van der Waals surface area (Å²) in [5, 5.41) is 9.58. The molecule has 234 valence electrons. The molecule has 45 heavy (non-hydrogen) atoms. The molecule has 0 saturated carbocycles. The number of anilines is 2. The van der Waals surface area contributed by atoms with Crippen LogP contribution in [-0.2, 0) is 4.79 Å². The standard InChI is InChI=1S/C31H28Cl3F2N7O2/c1-5-19(44)41-8-10-42(11-9-41)29-16-12-18(32)27(20-21(33)23(35)24(36)25(38)22(20)34)40-30(16)43(31(45)17(29)13-37)28-15(4)6-7-39-26(28)14(2)3/h5-7,12,14-15,28H,1,8-11,38H2,2-4H3/t15-,28-/m1/s1. The summed E-state index contributed by atoms with van der Waals surface area (Å²) in [6.45, 7) is 10.5. The van der Waals surface area contributed by atoms with Gasteiger partial charge in [0.2, 0.25) is 5.91 Å². The Morgan fingerprint density at radius 1 is 1.18 bits per heavy atom. The molecule has 14 heteroatoms. The lowest BCUT2D eigenvalue weighted by Crippen LogP contribution is -2.49. The van der Waals surface area contributed by atoms with E-state index in [4.69, 9.17) is 45.5 Å². The van der Waals surface area contributed by atoms with E-state index in [1.54, 1.807) is 11.1 Å². The highest BCUT2D eigenvalue weighted by Crippen LogP contribution is 2.45. The Morgan fingerprint density at radius 2 is 1.84 bits per heavy atom. The van der Waals surface area contributed by atoms with Gasteiger partial charge in [-0.3, -0.25) is 19.1 Å². The van der Waals surface area contributed by atoms with Crippen LogP contribution in [0.15, 0.2) is 40.8 Å². The second-order valence-corrected chi connectivity index (χ2v) is 12.3. The van der Waals surface area contributed by atoms with Crippen molar-refractivity contribution in [3.05, 3.63) is 73.6 Å². The van der Waals surface area contributed by atoms with Crippen LogP contribution >= 0.6 is 34.8 Å². The number of nitriles is 1. The average molecular weight is 675 g/mol. The number of rotatable bonds is 5. The number of halogens is 5. The van der Waals surface area contributed by atoms with Gasteiger partial charge in [0, 0.05) is 55.0 Å². The number of carbonyl (C=O) groups is 1. The molecule has 2 atom stereocenters. The number of aromatic nitrogens is 2. The lowest BCUT2D eigenvalue weighted by molar-refractivity contribution is -0.126. The molecule has 1 saturated heterocycles. The van der Waals surface area contributed by atoms with Crippen LogP contribution in [0, 0.1) is 34.8 Å². The summed E-state index contributed by atoms with van der Waals surface area (Å²) in [6, 6.07) is 2.93. The highest BCUT2D eigenvalue weighted by atomic mass is 35.5. The van der Waals surface area contributed by atoms with Gasteiger partial charge in [-0.2, -0.15) is 5.26 Å². The SMILES string of the molecule is C=CC(=O)N1CCN(c2c(C#N)c(=O)n([C@H]3C(C(C)C)=NC=C[C@H]3C)c3nc(-c4c(Cl)c(N)c(F)c(F)c4Cl)c(Cl)cc23)CC1. The fourth-order valence-electron chi connectivity index (χ4n) is 5.87. The fourth-order valence-corrected chi connectivity index (χ4v) is 6.69. The van der Waals surface area contributed by atoms with Crippen molar-refractivity contribution in [1.82, 2.24) is 14.5 Å². The summed E-state index contributed by atoms with van der Waals surface area (Å²) in [5.41, 5.74) is 4.96. The summed E-state index contributed by atoms with van der Waals surface area (Å²) < 4.78 is 30.6. The van der Waals surface area contributed by atoms with Crippen LogP contribution in [0.4, 0.5) is 20.2 Å². The Hall–Kier alpha value is -3.98. The van der Waals surface area contributed by atoms with Crippen molar-refractivity contribution in [3.8, 4) is 17.3 Å². The molecule has 5 rings (SSSR count). The number of pyridine rings is 2. The molecular weight excluding hydrogens is 647 g/mol. The molecule has 1 aromatic carbocycles. The van der Waals surface area contributed by atoms with Crippen LogP contribution in [-0.4, -0.2) is 52.2 Å². The van der Waals surface area contributed by atoms with Gasteiger partial charge in [-0.25, -0.2) is 13.8 Å². The predicted octanol–water partition coefficient (Wildman–Crippen LogP) is 6.39. The molecule has 0 radical (unpaired) electrons. The number of fused-ring (bicyclic) bond motifs is 1. The third-order valence-corrected chi connectivity index (χ3v) is 9.16.